The van der Waals surface area contributed by atoms with Crippen LogP contribution in [-0.2, 0) is 0 Å². The molecular weight excluding hydrogens is 322 g/mol. The van der Waals surface area contributed by atoms with E-state index in [1.54, 1.807) is 47.3 Å². The second-order valence-corrected chi connectivity index (χ2v) is 5.75. The van der Waals surface area contributed by atoms with Crippen LogP contribution in [0.2, 0.25) is 5.02 Å². The molecule has 0 saturated carbocycles. The number of nitrogens with zero attached hydrogens (tertiary/aromatic N) is 3. The number of aromatic nitrogens is 3. The molecule has 5 heteroatoms. The number of halogens is 1. The number of benzene rings is 2. The first-order valence-corrected chi connectivity index (χ1v) is 7.80. The summed E-state index contributed by atoms with van der Waals surface area (Å²) in [6.45, 7) is 0. The molecule has 0 unspecified atom stereocenters. The molecule has 0 bridgehead atoms. The Morgan fingerprint density at radius 2 is 1.62 bits per heavy atom. The second kappa shape index (κ2) is 5.91. The van der Waals surface area contributed by atoms with E-state index in [0.717, 1.165) is 10.9 Å². The third kappa shape index (κ3) is 2.47. The molecule has 116 valence electrons. The van der Waals surface area contributed by atoms with Crippen LogP contribution >= 0.6 is 11.6 Å². The van der Waals surface area contributed by atoms with E-state index in [-0.39, 0.29) is 5.78 Å². The normalized spacial score (nSPS) is 10.9. The third-order valence-electron chi connectivity index (χ3n) is 3.80. The Morgan fingerprint density at radius 3 is 2.38 bits per heavy atom. The second-order valence-electron chi connectivity index (χ2n) is 5.31. The quantitative estimate of drug-likeness (QED) is 0.525. The van der Waals surface area contributed by atoms with Gasteiger partial charge in [-0.1, -0.05) is 29.8 Å². The zero-order valence-electron chi connectivity index (χ0n) is 12.6. The molecule has 0 atom stereocenters. The Labute approximate surface area is 143 Å². The fourth-order valence-corrected chi connectivity index (χ4v) is 2.82. The van der Waals surface area contributed by atoms with E-state index in [1.165, 1.54) is 0 Å². The molecule has 0 saturated heterocycles. The highest BCUT2D eigenvalue weighted by Crippen LogP contribution is 2.25. The standard InChI is InChI=1S/C19H12ClN3O/c20-15-8-6-13(7-9-15)18(24)17-12-14-4-1-2-5-16(14)23(17)19-21-10-3-11-22-19/h1-12H. The number of carbonyl (C=O) groups is 1. The zero-order chi connectivity index (χ0) is 16.5. The van der Waals surface area contributed by atoms with Crippen LogP contribution in [0.3, 0.4) is 0 Å². The van der Waals surface area contributed by atoms with E-state index in [0.29, 0.717) is 22.2 Å². The van der Waals surface area contributed by atoms with Crippen LogP contribution in [0.1, 0.15) is 16.1 Å². The smallest absolute Gasteiger partial charge is 0.234 e. The Bertz CT molecular complexity index is 1020. The van der Waals surface area contributed by atoms with Crippen molar-refractivity contribution >= 4 is 28.3 Å². The summed E-state index contributed by atoms with van der Waals surface area (Å²) in [5, 5.41) is 1.56. The van der Waals surface area contributed by atoms with Gasteiger partial charge in [0.1, 0.15) is 0 Å². The third-order valence-corrected chi connectivity index (χ3v) is 4.05. The molecule has 0 fully saturated rings. The highest BCUT2D eigenvalue weighted by atomic mass is 35.5. The van der Waals surface area contributed by atoms with Gasteiger partial charge in [-0.05, 0) is 42.5 Å². The number of ketones is 1. The largest absolute Gasteiger partial charge is 0.287 e. The van der Waals surface area contributed by atoms with Gasteiger partial charge in [0.2, 0.25) is 11.7 Å². The molecule has 24 heavy (non-hydrogen) atoms. The topological polar surface area (TPSA) is 47.8 Å². The van der Waals surface area contributed by atoms with Crippen molar-refractivity contribution in [3.63, 3.8) is 0 Å². The van der Waals surface area contributed by atoms with Gasteiger partial charge in [0, 0.05) is 28.4 Å². The summed E-state index contributed by atoms with van der Waals surface area (Å²) < 4.78 is 1.78. The minimum atomic E-state index is -0.102. The Hall–Kier alpha value is -2.98. The van der Waals surface area contributed by atoms with Gasteiger partial charge in [-0.15, -0.1) is 0 Å². The maximum absolute atomic E-state index is 13.0. The van der Waals surface area contributed by atoms with E-state index < -0.39 is 0 Å². The summed E-state index contributed by atoms with van der Waals surface area (Å²) in [6, 6.07) is 18.3. The highest BCUT2D eigenvalue weighted by Gasteiger charge is 2.19. The average Bonchev–Trinajstić information content (AvgIpc) is 3.02. The van der Waals surface area contributed by atoms with Gasteiger partial charge in [-0.2, -0.15) is 0 Å². The first kappa shape index (κ1) is 14.6. The van der Waals surface area contributed by atoms with Crippen LogP contribution in [0, 0.1) is 0 Å². The van der Waals surface area contributed by atoms with Crippen LogP contribution in [-0.4, -0.2) is 20.3 Å². The highest BCUT2D eigenvalue weighted by molar-refractivity contribution is 6.30. The lowest BCUT2D eigenvalue weighted by Crippen LogP contribution is -2.11. The monoisotopic (exact) mass is 333 g/mol. The van der Waals surface area contributed by atoms with Gasteiger partial charge in [0.05, 0.1) is 11.2 Å². The summed E-state index contributed by atoms with van der Waals surface area (Å²) in [4.78, 5) is 21.6. The van der Waals surface area contributed by atoms with E-state index >= 15 is 0 Å². The molecule has 4 nitrogen and oxygen atoms in total. The predicted molar refractivity (Wildman–Crippen MR) is 93.7 cm³/mol. The number of para-hydroxylation sites is 1. The molecule has 0 N–H and O–H groups in total. The van der Waals surface area contributed by atoms with Crippen molar-refractivity contribution < 1.29 is 4.79 Å². The summed E-state index contributed by atoms with van der Waals surface area (Å²) in [7, 11) is 0. The summed E-state index contributed by atoms with van der Waals surface area (Å²) in [5.74, 6) is 0.367. The van der Waals surface area contributed by atoms with E-state index in [2.05, 4.69) is 9.97 Å². The van der Waals surface area contributed by atoms with Crippen LogP contribution < -0.4 is 0 Å². The van der Waals surface area contributed by atoms with Crippen molar-refractivity contribution in [2.45, 2.75) is 0 Å². The first-order chi connectivity index (χ1) is 11.7. The Balaban J connectivity index is 1.95. The van der Waals surface area contributed by atoms with Gasteiger partial charge in [-0.25, -0.2) is 9.97 Å². The van der Waals surface area contributed by atoms with Gasteiger partial charge >= 0.3 is 0 Å². The number of rotatable bonds is 3. The molecule has 0 aliphatic heterocycles. The van der Waals surface area contributed by atoms with Crippen molar-refractivity contribution in [2.75, 3.05) is 0 Å². The average molecular weight is 334 g/mol. The summed E-state index contributed by atoms with van der Waals surface area (Å²) >= 11 is 5.92. The number of hydrogen-bond acceptors (Lipinski definition) is 3. The van der Waals surface area contributed by atoms with Crippen molar-refractivity contribution in [1.29, 1.82) is 0 Å². The number of carbonyl (C=O) groups excluding carboxylic acids is 1. The molecule has 4 aromatic rings. The Kier molecular flexibility index (Phi) is 3.59. The maximum Gasteiger partial charge on any atom is 0.234 e. The fourth-order valence-electron chi connectivity index (χ4n) is 2.69. The van der Waals surface area contributed by atoms with Gasteiger partial charge in [0.15, 0.2) is 0 Å². The molecule has 0 aliphatic carbocycles. The van der Waals surface area contributed by atoms with Gasteiger partial charge < -0.3 is 0 Å². The van der Waals surface area contributed by atoms with Crippen LogP contribution in [0.15, 0.2) is 73.1 Å². The van der Waals surface area contributed by atoms with Crippen LogP contribution in [0.25, 0.3) is 16.9 Å². The molecule has 2 aromatic heterocycles. The molecular formula is C19H12ClN3O. The minimum absolute atomic E-state index is 0.102. The van der Waals surface area contributed by atoms with Crippen molar-refractivity contribution in [3.8, 4) is 5.95 Å². The predicted octanol–water partition coefficient (Wildman–Crippen LogP) is 4.30. The number of hydrogen-bond donors (Lipinski definition) is 0. The van der Waals surface area contributed by atoms with Gasteiger partial charge in [0.25, 0.3) is 0 Å². The molecule has 0 spiro atoms. The Morgan fingerprint density at radius 1 is 0.917 bits per heavy atom. The van der Waals surface area contributed by atoms with Crippen molar-refractivity contribution in [1.82, 2.24) is 14.5 Å². The lowest BCUT2D eigenvalue weighted by Gasteiger charge is -2.08. The van der Waals surface area contributed by atoms with Crippen molar-refractivity contribution in [2.24, 2.45) is 0 Å². The van der Waals surface area contributed by atoms with E-state index in [4.69, 9.17) is 11.6 Å². The lowest BCUT2D eigenvalue weighted by atomic mass is 10.1. The molecule has 4 rings (SSSR count). The van der Waals surface area contributed by atoms with Gasteiger partial charge in [-0.3, -0.25) is 9.36 Å². The molecule has 0 amide bonds. The number of fused-ring (bicyclic) bond motifs is 1. The molecule has 0 aliphatic rings. The zero-order valence-corrected chi connectivity index (χ0v) is 13.3. The van der Waals surface area contributed by atoms with E-state index in [1.807, 2.05) is 30.3 Å². The first-order valence-electron chi connectivity index (χ1n) is 7.42. The molecule has 2 aromatic carbocycles. The molecule has 0 radical (unpaired) electrons. The lowest BCUT2D eigenvalue weighted by molar-refractivity contribution is 0.103. The fraction of sp³-hybridized carbons (Fsp3) is 0. The maximum atomic E-state index is 13.0. The summed E-state index contributed by atoms with van der Waals surface area (Å²) in [6.07, 6.45) is 3.32. The van der Waals surface area contributed by atoms with Crippen LogP contribution in [0.5, 0.6) is 0 Å². The minimum Gasteiger partial charge on any atom is -0.287 e. The van der Waals surface area contributed by atoms with Crippen LogP contribution in [0.4, 0.5) is 0 Å². The SMILES string of the molecule is O=C(c1ccc(Cl)cc1)c1cc2ccccc2n1-c1ncccn1. The van der Waals surface area contributed by atoms with Crippen molar-refractivity contribution in [3.05, 3.63) is 89.3 Å². The summed E-state index contributed by atoms with van der Waals surface area (Å²) in [5.41, 5.74) is 1.98. The van der Waals surface area contributed by atoms with E-state index in [9.17, 15) is 4.79 Å². The molecule has 2 heterocycles.